The van der Waals surface area contributed by atoms with Crippen LogP contribution in [0.25, 0.3) is 0 Å². The second-order valence-corrected chi connectivity index (χ2v) is 4.22. The summed E-state index contributed by atoms with van der Waals surface area (Å²) in [6.45, 7) is 4.19. The molecule has 4 heteroatoms. The molecule has 0 aliphatic carbocycles. The van der Waals surface area contributed by atoms with E-state index in [4.69, 9.17) is 9.47 Å². The molecule has 16 heavy (non-hydrogen) atoms. The van der Waals surface area contributed by atoms with Gasteiger partial charge in [0.2, 0.25) is 6.29 Å². The van der Waals surface area contributed by atoms with Gasteiger partial charge in [0.1, 0.15) is 6.42 Å². The number of hydrogen-bond donors (Lipinski definition) is 0. The first-order chi connectivity index (χ1) is 7.67. The Balaban J connectivity index is 2.54. The van der Waals surface area contributed by atoms with Crippen molar-refractivity contribution < 1.29 is 19.1 Å². The van der Waals surface area contributed by atoms with Gasteiger partial charge >= 0.3 is 11.9 Å². The number of carbonyl (C=O) groups is 2. The van der Waals surface area contributed by atoms with Gasteiger partial charge in [0.15, 0.2) is 0 Å². The first kappa shape index (κ1) is 13.0. The van der Waals surface area contributed by atoms with Crippen LogP contribution in [0.3, 0.4) is 0 Å². The molecule has 92 valence electrons. The van der Waals surface area contributed by atoms with E-state index in [9.17, 15) is 9.59 Å². The molecule has 1 atom stereocenters. The maximum atomic E-state index is 11.1. The summed E-state index contributed by atoms with van der Waals surface area (Å²) in [6, 6.07) is 0. The molecule has 0 aromatic carbocycles. The number of ether oxygens (including phenoxy) is 2. The van der Waals surface area contributed by atoms with Crippen LogP contribution in [-0.4, -0.2) is 18.2 Å². The van der Waals surface area contributed by atoms with E-state index in [0.29, 0.717) is 0 Å². The molecule has 0 saturated carbocycles. The Morgan fingerprint density at radius 2 is 1.75 bits per heavy atom. The molecule has 1 rings (SSSR count). The summed E-state index contributed by atoms with van der Waals surface area (Å²) in [5.41, 5.74) is 0. The van der Waals surface area contributed by atoms with Gasteiger partial charge in [-0.1, -0.05) is 33.1 Å². The van der Waals surface area contributed by atoms with Crippen molar-refractivity contribution in [2.24, 2.45) is 5.92 Å². The molecule has 0 N–H and O–H groups in total. The van der Waals surface area contributed by atoms with E-state index in [-0.39, 0.29) is 12.3 Å². The van der Waals surface area contributed by atoms with Gasteiger partial charge in [0.05, 0.1) is 0 Å². The van der Waals surface area contributed by atoms with E-state index in [1.165, 1.54) is 0 Å². The molecular weight excluding hydrogens is 208 g/mol. The second-order valence-electron chi connectivity index (χ2n) is 4.22. The molecule has 1 fully saturated rings. The van der Waals surface area contributed by atoms with Crippen molar-refractivity contribution in [2.75, 3.05) is 0 Å². The first-order valence-corrected chi connectivity index (χ1v) is 6.06. The minimum Gasteiger partial charge on any atom is -0.424 e. The molecular formula is C12H20O4. The van der Waals surface area contributed by atoms with E-state index in [1.54, 1.807) is 0 Å². The highest BCUT2D eigenvalue weighted by Crippen LogP contribution is 2.25. The Labute approximate surface area is 96.3 Å². The van der Waals surface area contributed by atoms with Crippen LogP contribution in [0.1, 0.15) is 52.4 Å². The standard InChI is InChI=1S/C12H20O4/c1-3-5-7-9(6-4-2)12-15-10(13)8-11(14)16-12/h9,12H,3-8H2,1-2H3. The van der Waals surface area contributed by atoms with Gasteiger partial charge in [0, 0.05) is 5.92 Å². The lowest BCUT2D eigenvalue weighted by Gasteiger charge is -2.29. The van der Waals surface area contributed by atoms with Crippen molar-refractivity contribution in [3.8, 4) is 0 Å². The number of cyclic esters (lactones) is 2. The van der Waals surface area contributed by atoms with Gasteiger partial charge in [-0.3, -0.25) is 9.59 Å². The molecule has 1 heterocycles. The van der Waals surface area contributed by atoms with E-state index in [0.717, 1.165) is 32.1 Å². The molecule has 1 aliphatic heterocycles. The highest BCUT2D eigenvalue weighted by atomic mass is 16.7. The summed E-state index contributed by atoms with van der Waals surface area (Å²) in [7, 11) is 0. The van der Waals surface area contributed by atoms with Crippen LogP contribution in [0.2, 0.25) is 0 Å². The number of rotatable bonds is 6. The monoisotopic (exact) mass is 228 g/mol. The van der Waals surface area contributed by atoms with Gasteiger partial charge in [0.25, 0.3) is 0 Å². The van der Waals surface area contributed by atoms with Gasteiger partial charge in [-0.25, -0.2) is 0 Å². The fourth-order valence-corrected chi connectivity index (χ4v) is 1.93. The normalized spacial score (nSPS) is 19.1. The molecule has 0 bridgehead atoms. The molecule has 0 radical (unpaired) electrons. The molecule has 4 nitrogen and oxygen atoms in total. The van der Waals surface area contributed by atoms with Crippen LogP contribution in [0.5, 0.6) is 0 Å². The maximum absolute atomic E-state index is 11.1. The van der Waals surface area contributed by atoms with Crippen molar-refractivity contribution in [3.63, 3.8) is 0 Å². The van der Waals surface area contributed by atoms with E-state index >= 15 is 0 Å². The Morgan fingerprint density at radius 1 is 1.12 bits per heavy atom. The largest absolute Gasteiger partial charge is 0.424 e. The van der Waals surface area contributed by atoms with Crippen LogP contribution in [0, 0.1) is 5.92 Å². The number of hydrogen-bond acceptors (Lipinski definition) is 4. The quantitative estimate of drug-likeness (QED) is 0.517. The fourth-order valence-electron chi connectivity index (χ4n) is 1.93. The zero-order valence-corrected chi connectivity index (χ0v) is 10.0. The average Bonchev–Trinajstić information content (AvgIpc) is 2.22. The van der Waals surface area contributed by atoms with Crippen LogP contribution in [-0.2, 0) is 19.1 Å². The zero-order chi connectivity index (χ0) is 12.0. The molecule has 0 amide bonds. The summed E-state index contributed by atoms with van der Waals surface area (Å²) in [5.74, 6) is -0.768. The molecule has 0 aromatic heterocycles. The van der Waals surface area contributed by atoms with Crippen LogP contribution in [0.4, 0.5) is 0 Å². The topological polar surface area (TPSA) is 52.6 Å². The molecule has 1 saturated heterocycles. The summed E-state index contributed by atoms with van der Waals surface area (Å²) >= 11 is 0. The predicted molar refractivity (Wildman–Crippen MR) is 58.5 cm³/mol. The second kappa shape index (κ2) is 6.51. The van der Waals surface area contributed by atoms with Gasteiger partial charge in [-0.2, -0.15) is 0 Å². The summed E-state index contributed by atoms with van der Waals surface area (Å²) < 4.78 is 10.2. The van der Waals surface area contributed by atoms with Gasteiger partial charge < -0.3 is 9.47 Å². The van der Waals surface area contributed by atoms with Crippen LogP contribution >= 0.6 is 0 Å². The highest BCUT2D eigenvalue weighted by Gasteiger charge is 2.33. The molecule has 0 spiro atoms. The Hall–Kier alpha value is -1.06. The van der Waals surface area contributed by atoms with Crippen molar-refractivity contribution in [2.45, 2.75) is 58.7 Å². The van der Waals surface area contributed by atoms with Crippen molar-refractivity contribution in [1.29, 1.82) is 0 Å². The SMILES string of the molecule is CCCCC(CCC)C1OC(=O)CC(=O)O1. The minimum absolute atomic E-state index is 0.151. The smallest absolute Gasteiger partial charge is 0.320 e. The first-order valence-electron chi connectivity index (χ1n) is 6.06. The lowest BCUT2D eigenvalue weighted by molar-refractivity contribution is -0.214. The summed E-state index contributed by atoms with van der Waals surface area (Å²) in [5, 5.41) is 0. The minimum atomic E-state index is -0.653. The van der Waals surface area contributed by atoms with Crippen LogP contribution in [0.15, 0.2) is 0 Å². The third-order valence-corrected chi connectivity index (χ3v) is 2.76. The third-order valence-electron chi connectivity index (χ3n) is 2.76. The predicted octanol–water partition coefficient (Wildman–Crippen LogP) is 2.41. The Morgan fingerprint density at radius 3 is 2.25 bits per heavy atom. The van der Waals surface area contributed by atoms with Crippen molar-refractivity contribution in [1.82, 2.24) is 0 Å². The average molecular weight is 228 g/mol. The number of unbranched alkanes of at least 4 members (excludes halogenated alkanes) is 1. The summed E-state index contributed by atoms with van der Waals surface area (Å²) in [6.07, 6.45) is 4.12. The molecule has 1 unspecified atom stereocenters. The molecule has 0 aromatic rings. The Bertz CT molecular complexity index is 233. The lowest BCUT2D eigenvalue weighted by Crippen LogP contribution is -2.37. The van der Waals surface area contributed by atoms with E-state index in [2.05, 4.69) is 13.8 Å². The fraction of sp³-hybridized carbons (Fsp3) is 0.833. The van der Waals surface area contributed by atoms with Gasteiger partial charge in [-0.15, -0.1) is 0 Å². The number of esters is 2. The maximum Gasteiger partial charge on any atom is 0.320 e. The summed E-state index contributed by atoms with van der Waals surface area (Å²) in [4.78, 5) is 22.3. The van der Waals surface area contributed by atoms with Crippen molar-refractivity contribution >= 4 is 11.9 Å². The molecule has 1 aliphatic rings. The van der Waals surface area contributed by atoms with E-state index in [1.807, 2.05) is 0 Å². The van der Waals surface area contributed by atoms with Gasteiger partial charge in [-0.05, 0) is 12.8 Å². The Kier molecular flexibility index (Phi) is 5.29. The lowest BCUT2D eigenvalue weighted by atomic mass is 9.96. The zero-order valence-electron chi connectivity index (χ0n) is 10.0. The highest BCUT2D eigenvalue weighted by molar-refractivity contribution is 5.92. The third kappa shape index (κ3) is 3.83. The van der Waals surface area contributed by atoms with Crippen molar-refractivity contribution in [3.05, 3.63) is 0 Å². The van der Waals surface area contributed by atoms with Crippen LogP contribution < -0.4 is 0 Å². The van der Waals surface area contributed by atoms with E-state index < -0.39 is 18.2 Å². The number of carbonyl (C=O) groups excluding carboxylic acids is 2.